The van der Waals surface area contributed by atoms with Crippen LogP contribution in [-0.2, 0) is 17.9 Å². The number of furan rings is 1. The van der Waals surface area contributed by atoms with Gasteiger partial charge in [0.05, 0.1) is 27.7 Å². The molecule has 0 fully saturated rings. The molecule has 2 aromatic carbocycles. The molecule has 0 aliphatic rings. The highest BCUT2D eigenvalue weighted by molar-refractivity contribution is 7.71. The predicted molar refractivity (Wildman–Crippen MR) is 127 cm³/mol. The minimum atomic E-state index is -0.205. The third-order valence-electron chi connectivity index (χ3n) is 5.08. The van der Waals surface area contributed by atoms with Gasteiger partial charge < -0.3 is 14.7 Å². The number of H-pyrrole nitrogens is 1. The number of fused-ring (bicyclic) bond motifs is 2. The van der Waals surface area contributed by atoms with Crippen molar-refractivity contribution in [2.45, 2.75) is 19.5 Å². The molecule has 2 N–H and O–H groups in total. The van der Waals surface area contributed by atoms with Gasteiger partial charge in [-0.25, -0.2) is 4.98 Å². The van der Waals surface area contributed by atoms with Gasteiger partial charge in [0.2, 0.25) is 5.91 Å². The van der Waals surface area contributed by atoms with Crippen molar-refractivity contribution in [2.24, 2.45) is 0 Å². The lowest BCUT2D eigenvalue weighted by atomic mass is 10.2. The van der Waals surface area contributed by atoms with E-state index in [-0.39, 0.29) is 31.0 Å². The van der Waals surface area contributed by atoms with Crippen molar-refractivity contribution in [1.82, 2.24) is 19.9 Å². The van der Waals surface area contributed by atoms with Gasteiger partial charge in [0, 0.05) is 13.0 Å². The van der Waals surface area contributed by atoms with E-state index in [1.165, 1.54) is 4.57 Å². The van der Waals surface area contributed by atoms with E-state index in [0.29, 0.717) is 27.2 Å². The molecule has 0 atom stereocenters. The molecule has 0 spiro atoms. The first-order valence-electron chi connectivity index (χ1n) is 10.0. The van der Waals surface area contributed by atoms with E-state index in [0.717, 1.165) is 15.2 Å². The second-order valence-electron chi connectivity index (χ2n) is 7.21. The molecule has 5 aromatic rings. The number of benzene rings is 2. The van der Waals surface area contributed by atoms with Gasteiger partial charge in [0.25, 0.3) is 5.56 Å². The van der Waals surface area contributed by atoms with Crippen LogP contribution in [0.1, 0.15) is 12.2 Å². The van der Waals surface area contributed by atoms with Gasteiger partial charge in [-0.15, -0.1) is 11.3 Å². The number of amides is 1. The third-order valence-corrected chi connectivity index (χ3v) is 6.45. The number of hydrogen-bond acceptors (Lipinski definition) is 6. The topological polar surface area (TPSA) is 92.9 Å². The zero-order valence-corrected chi connectivity index (χ0v) is 18.5. The first kappa shape index (κ1) is 20.3. The lowest BCUT2D eigenvalue weighted by Gasteiger charge is -2.08. The molecule has 1 amide bonds. The van der Waals surface area contributed by atoms with Crippen molar-refractivity contribution >= 4 is 50.6 Å². The molecular formula is C23H18N4O3S2. The zero-order chi connectivity index (χ0) is 22.1. The van der Waals surface area contributed by atoms with Crippen LogP contribution in [0.4, 0.5) is 0 Å². The monoisotopic (exact) mass is 462 g/mol. The molecule has 0 unspecified atom stereocenters. The SMILES string of the molecule is O=C(CCn1c(=S)[nH]c2ccccc2c1=O)NCc1ccc(-c2nc3ccccc3s2)o1. The van der Waals surface area contributed by atoms with Crippen molar-refractivity contribution < 1.29 is 9.21 Å². The molecule has 3 aromatic heterocycles. The van der Waals surface area contributed by atoms with Crippen LogP contribution < -0.4 is 10.9 Å². The van der Waals surface area contributed by atoms with E-state index in [2.05, 4.69) is 15.3 Å². The summed E-state index contributed by atoms with van der Waals surface area (Å²) in [6.45, 7) is 0.448. The first-order valence-corrected chi connectivity index (χ1v) is 11.2. The van der Waals surface area contributed by atoms with Crippen LogP contribution in [0.2, 0.25) is 0 Å². The minimum Gasteiger partial charge on any atom is -0.457 e. The highest BCUT2D eigenvalue weighted by Gasteiger charge is 2.12. The summed E-state index contributed by atoms with van der Waals surface area (Å²) in [5.74, 6) is 1.11. The number of carbonyl (C=O) groups is 1. The van der Waals surface area contributed by atoms with E-state index >= 15 is 0 Å². The molecule has 0 bridgehead atoms. The van der Waals surface area contributed by atoms with Crippen LogP contribution in [-0.4, -0.2) is 20.4 Å². The molecule has 5 rings (SSSR count). The maximum absolute atomic E-state index is 12.7. The molecule has 7 nitrogen and oxygen atoms in total. The van der Waals surface area contributed by atoms with Crippen LogP contribution in [0.15, 0.2) is 69.9 Å². The van der Waals surface area contributed by atoms with Crippen LogP contribution >= 0.6 is 23.6 Å². The molecular weight excluding hydrogens is 444 g/mol. The first-order chi connectivity index (χ1) is 15.6. The number of carbonyl (C=O) groups excluding carboxylic acids is 1. The van der Waals surface area contributed by atoms with Crippen molar-refractivity contribution in [3.63, 3.8) is 0 Å². The molecule has 3 heterocycles. The van der Waals surface area contributed by atoms with Crippen molar-refractivity contribution in [1.29, 1.82) is 0 Å². The van der Waals surface area contributed by atoms with E-state index in [1.54, 1.807) is 29.5 Å². The van der Waals surface area contributed by atoms with E-state index in [9.17, 15) is 9.59 Å². The van der Waals surface area contributed by atoms with Crippen LogP contribution in [0.3, 0.4) is 0 Å². The summed E-state index contributed by atoms with van der Waals surface area (Å²) >= 11 is 6.85. The van der Waals surface area contributed by atoms with Crippen molar-refractivity contribution in [3.05, 3.63) is 81.5 Å². The van der Waals surface area contributed by atoms with E-state index in [4.69, 9.17) is 16.6 Å². The lowest BCUT2D eigenvalue weighted by molar-refractivity contribution is -0.121. The normalized spacial score (nSPS) is 11.2. The molecule has 32 heavy (non-hydrogen) atoms. The summed E-state index contributed by atoms with van der Waals surface area (Å²) in [6, 6.07) is 18.8. The fraction of sp³-hybridized carbons (Fsp3) is 0.130. The molecule has 9 heteroatoms. The summed E-state index contributed by atoms with van der Waals surface area (Å²) in [5, 5.41) is 4.17. The minimum absolute atomic E-state index is 0.126. The Morgan fingerprint density at radius 1 is 1.12 bits per heavy atom. The summed E-state index contributed by atoms with van der Waals surface area (Å²) in [5.41, 5.74) is 1.41. The maximum Gasteiger partial charge on any atom is 0.262 e. The van der Waals surface area contributed by atoms with Gasteiger partial charge >= 0.3 is 0 Å². The molecule has 0 saturated carbocycles. The smallest absolute Gasteiger partial charge is 0.262 e. The number of aromatic amines is 1. The van der Waals surface area contributed by atoms with Crippen LogP contribution in [0.5, 0.6) is 0 Å². The van der Waals surface area contributed by atoms with Gasteiger partial charge in [-0.3, -0.25) is 14.2 Å². The van der Waals surface area contributed by atoms with Gasteiger partial charge in [-0.05, 0) is 48.6 Å². The molecule has 0 aliphatic heterocycles. The van der Waals surface area contributed by atoms with E-state index < -0.39 is 0 Å². The Kier molecular flexibility index (Phi) is 5.42. The quantitative estimate of drug-likeness (QED) is 0.359. The Bertz CT molecular complexity index is 1530. The standard InChI is InChI=1S/C23H18N4O3S2/c28-20(11-12-27-22(29)15-5-1-2-6-16(15)26-23(27)31)24-13-14-9-10-18(30-14)21-25-17-7-3-4-8-19(17)32-21/h1-10H,11-13H2,(H,24,28)(H,26,31). The zero-order valence-electron chi connectivity index (χ0n) is 16.8. The average Bonchev–Trinajstić information content (AvgIpc) is 3.44. The van der Waals surface area contributed by atoms with Crippen molar-refractivity contribution in [3.8, 4) is 10.8 Å². The van der Waals surface area contributed by atoms with Crippen LogP contribution in [0, 0.1) is 4.77 Å². The van der Waals surface area contributed by atoms with Gasteiger partial charge in [0.15, 0.2) is 15.5 Å². The third kappa shape index (κ3) is 4.00. The Labute approximate surface area is 191 Å². The van der Waals surface area contributed by atoms with E-state index in [1.807, 2.05) is 42.5 Å². The highest BCUT2D eigenvalue weighted by atomic mass is 32.1. The number of rotatable bonds is 6. The number of aromatic nitrogens is 3. The number of hydrogen-bond donors (Lipinski definition) is 2. The number of thiazole rings is 1. The Morgan fingerprint density at radius 2 is 1.94 bits per heavy atom. The fourth-order valence-corrected chi connectivity index (χ4v) is 4.67. The Hall–Kier alpha value is -3.56. The maximum atomic E-state index is 12.7. The molecule has 0 aliphatic carbocycles. The Morgan fingerprint density at radius 3 is 2.81 bits per heavy atom. The predicted octanol–water partition coefficient (Wildman–Crippen LogP) is 4.64. The lowest BCUT2D eigenvalue weighted by Crippen LogP contribution is -2.28. The summed E-state index contributed by atoms with van der Waals surface area (Å²) < 4.78 is 8.66. The second kappa shape index (κ2) is 8.52. The summed E-state index contributed by atoms with van der Waals surface area (Å²) in [7, 11) is 0. The van der Waals surface area contributed by atoms with Gasteiger partial charge in [-0.2, -0.15) is 0 Å². The second-order valence-corrected chi connectivity index (χ2v) is 8.63. The highest BCUT2D eigenvalue weighted by Crippen LogP contribution is 2.31. The molecule has 0 saturated heterocycles. The largest absolute Gasteiger partial charge is 0.457 e. The molecule has 160 valence electrons. The number of para-hydroxylation sites is 2. The Balaban J connectivity index is 1.22. The molecule has 0 radical (unpaired) electrons. The average molecular weight is 463 g/mol. The fourth-order valence-electron chi connectivity index (χ4n) is 3.45. The number of nitrogens with one attached hydrogen (secondary N) is 2. The van der Waals surface area contributed by atoms with Gasteiger partial charge in [0.1, 0.15) is 5.76 Å². The number of nitrogens with zero attached hydrogens (tertiary/aromatic N) is 2. The van der Waals surface area contributed by atoms with Crippen LogP contribution in [0.25, 0.3) is 31.9 Å². The van der Waals surface area contributed by atoms with Crippen molar-refractivity contribution in [2.75, 3.05) is 0 Å². The van der Waals surface area contributed by atoms with Gasteiger partial charge in [-0.1, -0.05) is 24.3 Å². The summed E-state index contributed by atoms with van der Waals surface area (Å²) in [4.78, 5) is 32.6. The summed E-state index contributed by atoms with van der Waals surface area (Å²) in [6.07, 6.45) is 0.126.